The molecule has 0 bridgehead atoms. The largest absolute Gasteiger partial charge is 0.330 e. The summed E-state index contributed by atoms with van der Waals surface area (Å²) in [7, 11) is -3.03. The monoisotopic (exact) mass is 303 g/mol. The topological polar surface area (TPSA) is 60.2 Å². The summed E-state index contributed by atoms with van der Waals surface area (Å²) in [5.74, 6) is 1.79. The summed E-state index contributed by atoms with van der Waals surface area (Å²) >= 11 is 0. The van der Waals surface area contributed by atoms with E-state index in [1.165, 1.54) is 12.8 Å². The van der Waals surface area contributed by atoms with Crippen molar-refractivity contribution in [3.8, 4) is 0 Å². The van der Waals surface area contributed by atoms with Crippen molar-refractivity contribution in [2.45, 2.75) is 71.5 Å². The molecule has 0 amide bonds. The SMILES string of the molecule is CC(C)C1CCC(CN)(CCS(=O)(=O)C(C)(C)C)CC1. The molecule has 1 saturated carbocycles. The Hall–Kier alpha value is -0.0900. The van der Waals surface area contributed by atoms with Crippen molar-refractivity contribution in [1.82, 2.24) is 0 Å². The van der Waals surface area contributed by atoms with Gasteiger partial charge in [-0.1, -0.05) is 13.8 Å². The van der Waals surface area contributed by atoms with Crippen molar-refractivity contribution in [2.75, 3.05) is 12.3 Å². The van der Waals surface area contributed by atoms with Gasteiger partial charge in [-0.25, -0.2) is 8.42 Å². The molecule has 0 saturated heterocycles. The Morgan fingerprint density at radius 2 is 1.70 bits per heavy atom. The van der Waals surface area contributed by atoms with Crippen LogP contribution >= 0.6 is 0 Å². The van der Waals surface area contributed by atoms with Crippen LogP contribution in [0, 0.1) is 17.3 Å². The second kappa shape index (κ2) is 6.35. The van der Waals surface area contributed by atoms with E-state index in [0.29, 0.717) is 6.54 Å². The summed E-state index contributed by atoms with van der Waals surface area (Å²) in [6, 6.07) is 0. The number of hydrogen-bond acceptors (Lipinski definition) is 3. The average Bonchev–Trinajstić information content (AvgIpc) is 2.35. The summed E-state index contributed by atoms with van der Waals surface area (Å²) in [5, 5.41) is 0. The molecule has 0 aromatic carbocycles. The predicted molar refractivity (Wildman–Crippen MR) is 86.4 cm³/mol. The van der Waals surface area contributed by atoms with Gasteiger partial charge in [0.15, 0.2) is 9.84 Å². The van der Waals surface area contributed by atoms with Gasteiger partial charge in [-0.3, -0.25) is 0 Å². The molecule has 0 aliphatic heterocycles. The first-order valence-corrected chi connectivity index (χ1v) is 9.61. The smallest absolute Gasteiger partial charge is 0.155 e. The zero-order chi connectivity index (χ0) is 15.6. The second-order valence-corrected chi connectivity index (χ2v) is 10.8. The van der Waals surface area contributed by atoms with Gasteiger partial charge >= 0.3 is 0 Å². The van der Waals surface area contributed by atoms with Gasteiger partial charge < -0.3 is 5.73 Å². The van der Waals surface area contributed by atoms with Crippen molar-refractivity contribution in [3.05, 3.63) is 0 Å². The highest BCUT2D eigenvalue weighted by Gasteiger charge is 2.38. The molecule has 3 nitrogen and oxygen atoms in total. The van der Waals surface area contributed by atoms with E-state index in [0.717, 1.165) is 31.1 Å². The molecule has 1 aliphatic carbocycles. The maximum Gasteiger partial charge on any atom is 0.155 e. The Morgan fingerprint density at radius 1 is 1.20 bits per heavy atom. The Labute approximate surface area is 125 Å². The maximum atomic E-state index is 12.3. The molecule has 1 fully saturated rings. The molecule has 0 radical (unpaired) electrons. The molecule has 1 aliphatic rings. The first-order valence-electron chi connectivity index (χ1n) is 7.95. The predicted octanol–water partition coefficient (Wildman–Crippen LogP) is 3.38. The first kappa shape index (κ1) is 18.0. The van der Waals surface area contributed by atoms with E-state index >= 15 is 0 Å². The van der Waals surface area contributed by atoms with E-state index < -0.39 is 14.6 Å². The minimum absolute atomic E-state index is 0.0592. The van der Waals surface area contributed by atoms with Gasteiger partial charge in [-0.2, -0.15) is 0 Å². The highest BCUT2D eigenvalue weighted by atomic mass is 32.2. The molecule has 1 rings (SSSR count). The zero-order valence-corrected chi connectivity index (χ0v) is 14.7. The summed E-state index contributed by atoms with van der Waals surface area (Å²) in [6.45, 7) is 10.5. The van der Waals surface area contributed by atoms with Gasteiger partial charge in [0.1, 0.15) is 0 Å². The molecule has 0 atom stereocenters. The van der Waals surface area contributed by atoms with E-state index in [4.69, 9.17) is 5.73 Å². The van der Waals surface area contributed by atoms with Crippen molar-refractivity contribution in [2.24, 2.45) is 23.0 Å². The first-order chi connectivity index (χ1) is 9.03. The Kier molecular flexibility index (Phi) is 5.70. The lowest BCUT2D eigenvalue weighted by molar-refractivity contribution is 0.129. The quantitative estimate of drug-likeness (QED) is 0.847. The maximum absolute atomic E-state index is 12.3. The molecular weight excluding hydrogens is 270 g/mol. The average molecular weight is 304 g/mol. The number of hydrogen-bond donors (Lipinski definition) is 1. The van der Waals surface area contributed by atoms with Crippen LogP contribution in [0.4, 0.5) is 0 Å². The fourth-order valence-electron chi connectivity index (χ4n) is 3.13. The summed E-state index contributed by atoms with van der Waals surface area (Å²) in [4.78, 5) is 0. The minimum Gasteiger partial charge on any atom is -0.330 e. The van der Waals surface area contributed by atoms with E-state index in [1.54, 1.807) is 20.8 Å². The summed E-state index contributed by atoms with van der Waals surface area (Å²) < 4.78 is 23.9. The van der Waals surface area contributed by atoms with Gasteiger partial charge in [0.2, 0.25) is 0 Å². The third kappa shape index (κ3) is 4.20. The van der Waals surface area contributed by atoms with Crippen LogP contribution < -0.4 is 5.73 Å². The lowest BCUT2D eigenvalue weighted by atomic mass is 9.67. The molecule has 2 N–H and O–H groups in total. The van der Waals surface area contributed by atoms with Crippen molar-refractivity contribution in [1.29, 1.82) is 0 Å². The fraction of sp³-hybridized carbons (Fsp3) is 1.00. The Bertz CT molecular complexity index is 399. The van der Waals surface area contributed by atoms with Crippen LogP contribution in [0.25, 0.3) is 0 Å². The van der Waals surface area contributed by atoms with E-state index in [9.17, 15) is 8.42 Å². The molecule has 0 heterocycles. The van der Waals surface area contributed by atoms with Crippen LogP contribution in [0.15, 0.2) is 0 Å². The third-order valence-corrected chi connectivity index (χ3v) is 7.91. The van der Waals surface area contributed by atoms with Gasteiger partial charge in [0, 0.05) is 0 Å². The lowest BCUT2D eigenvalue weighted by Gasteiger charge is -2.41. The standard InChI is InChI=1S/C16H33NO2S/c1-13(2)14-6-8-16(12-17,9-7-14)10-11-20(18,19)15(3,4)5/h13-14H,6-12,17H2,1-5H3. The van der Waals surface area contributed by atoms with Crippen LogP contribution in [0.5, 0.6) is 0 Å². The zero-order valence-electron chi connectivity index (χ0n) is 13.9. The number of sulfone groups is 1. The minimum atomic E-state index is -3.03. The molecular formula is C16H33NO2S. The van der Waals surface area contributed by atoms with Gasteiger partial charge in [0.05, 0.1) is 10.5 Å². The van der Waals surface area contributed by atoms with Crippen LogP contribution in [0.1, 0.15) is 66.7 Å². The molecule has 120 valence electrons. The summed E-state index contributed by atoms with van der Waals surface area (Å²) in [5.41, 5.74) is 6.06. The number of rotatable bonds is 5. The van der Waals surface area contributed by atoms with Crippen molar-refractivity contribution < 1.29 is 8.42 Å². The van der Waals surface area contributed by atoms with Gasteiger partial charge in [-0.15, -0.1) is 0 Å². The van der Waals surface area contributed by atoms with Crippen LogP contribution in [0.2, 0.25) is 0 Å². The molecule has 0 spiro atoms. The Balaban J connectivity index is 2.66. The molecule has 0 unspecified atom stereocenters. The van der Waals surface area contributed by atoms with Gasteiger partial charge in [-0.05, 0) is 76.7 Å². The molecule has 4 heteroatoms. The lowest BCUT2D eigenvalue weighted by Crippen LogP contribution is -2.39. The molecule has 0 aromatic heterocycles. The van der Waals surface area contributed by atoms with Crippen LogP contribution in [-0.2, 0) is 9.84 Å². The van der Waals surface area contributed by atoms with Crippen LogP contribution in [0.3, 0.4) is 0 Å². The van der Waals surface area contributed by atoms with Gasteiger partial charge in [0.25, 0.3) is 0 Å². The van der Waals surface area contributed by atoms with E-state index in [2.05, 4.69) is 13.8 Å². The highest BCUT2D eigenvalue weighted by molar-refractivity contribution is 7.92. The van der Waals surface area contributed by atoms with Crippen molar-refractivity contribution in [3.63, 3.8) is 0 Å². The fourth-order valence-corrected chi connectivity index (χ4v) is 4.45. The Morgan fingerprint density at radius 3 is 2.05 bits per heavy atom. The summed E-state index contributed by atoms with van der Waals surface area (Å²) in [6.07, 6.45) is 5.31. The normalized spacial score (nSPS) is 28.9. The number of nitrogens with two attached hydrogens (primary N) is 1. The van der Waals surface area contributed by atoms with E-state index in [1.807, 2.05) is 0 Å². The highest BCUT2D eigenvalue weighted by Crippen LogP contribution is 2.43. The van der Waals surface area contributed by atoms with E-state index in [-0.39, 0.29) is 11.2 Å². The third-order valence-electron chi connectivity index (χ3n) is 5.30. The van der Waals surface area contributed by atoms with Crippen molar-refractivity contribution >= 4 is 9.84 Å². The van der Waals surface area contributed by atoms with Crippen LogP contribution in [-0.4, -0.2) is 25.5 Å². The second-order valence-electron chi connectivity index (χ2n) is 7.97. The molecule has 20 heavy (non-hydrogen) atoms. The molecule has 0 aromatic rings.